The van der Waals surface area contributed by atoms with Gasteiger partial charge in [0, 0.05) is 6.54 Å². The monoisotopic (exact) mass is 323 g/mol. The Kier molecular flexibility index (Phi) is 4.51. The Bertz CT molecular complexity index is 860. The van der Waals surface area contributed by atoms with Gasteiger partial charge in [-0.2, -0.15) is 5.10 Å². The molecule has 1 aromatic carbocycles. The first-order valence-corrected chi connectivity index (χ1v) is 7.52. The minimum absolute atomic E-state index is 0.142. The highest BCUT2D eigenvalue weighted by molar-refractivity contribution is 5.89. The first-order valence-electron chi connectivity index (χ1n) is 7.52. The molecule has 0 aliphatic carbocycles. The molecule has 7 nitrogen and oxygen atoms in total. The van der Waals surface area contributed by atoms with E-state index in [4.69, 9.17) is 5.11 Å². The molecule has 24 heavy (non-hydrogen) atoms. The van der Waals surface area contributed by atoms with Crippen LogP contribution in [0.3, 0.4) is 0 Å². The lowest BCUT2D eigenvalue weighted by Crippen LogP contribution is -2.31. The van der Waals surface area contributed by atoms with E-state index in [1.54, 1.807) is 21.9 Å². The van der Waals surface area contributed by atoms with E-state index in [9.17, 15) is 4.79 Å². The molecule has 0 saturated heterocycles. The van der Waals surface area contributed by atoms with Crippen LogP contribution in [0.2, 0.25) is 0 Å². The lowest BCUT2D eigenvalue weighted by molar-refractivity contribution is -0.135. The largest absolute Gasteiger partial charge is 0.480 e. The van der Waals surface area contributed by atoms with Crippen molar-refractivity contribution < 1.29 is 9.90 Å². The van der Waals surface area contributed by atoms with Crippen molar-refractivity contribution in [2.45, 2.75) is 6.42 Å². The maximum absolute atomic E-state index is 11.2. The average Bonchev–Trinajstić information content (AvgIpc) is 3.03. The predicted molar refractivity (Wildman–Crippen MR) is 91.3 cm³/mol. The summed E-state index contributed by atoms with van der Waals surface area (Å²) in [6.45, 7) is 4.06. The molecule has 0 unspecified atom stereocenters. The van der Waals surface area contributed by atoms with Crippen LogP contribution in [-0.4, -0.2) is 43.9 Å². The third-order valence-corrected chi connectivity index (χ3v) is 3.57. The fourth-order valence-electron chi connectivity index (χ4n) is 2.51. The number of carboxylic acid groups (broad SMARTS) is 1. The summed E-state index contributed by atoms with van der Waals surface area (Å²) in [5.74, 6) is -0.354. The summed E-state index contributed by atoms with van der Waals surface area (Å²) >= 11 is 0. The third kappa shape index (κ3) is 3.10. The summed E-state index contributed by atoms with van der Waals surface area (Å²) in [5, 5.41) is 14.3. The SMILES string of the molecule is C=CCCN(CC(=O)O)c1ncnc2c1cnn2-c1ccccc1. The fraction of sp³-hybridized carbons (Fsp3) is 0.176. The van der Waals surface area contributed by atoms with E-state index in [1.165, 1.54) is 6.33 Å². The van der Waals surface area contributed by atoms with Gasteiger partial charge < -0.3 is 10.0 Å². The van der Waals surface area contributed by atoms with Crippen LogP contribution in [0.4, 0.5) is 5.82 Å². The van der Waals surface area contributed by atoms with Gasteiger partial charge in [-0.25, -0.2) is 14.6 Å². The summed E-state index contributed by atoms with van der Waals surface area (Å²) in [7, 11) is 0. The number of aromatic nitrogens is 4. The lowest BCUT2D eigenvalue weighted by atomic mass is 10.3. The van der Waals surface area contributed by atoms with E-state index in [0.717, 1.165) is 5.69 Å². The Morgan fingerprint density at radius 2 is 2.08 bits per heavy atom. The molecular weight excluding hydrogens is 306 g/mol. The topological polar surface area (TPSA) is 84.1 Å². The molecule has 0 aliphatic rings. The Morgan fingerprint density at radius 1 is 1.29 bits per heavy atom. The zero-order chi connectivity index (χ0) is 16.9. The normalized spacial score (nSPS) is 10.7. The second-order valence-electron chi connectivity index (χ2n) is 5.22. The van der Waals surface area contributed by atoms with Crippen molar-refractivity contribution in [3.8, 4) is 5.69 Å². The van der Waals surface area contributed by atoms with E-state index < -0.39 is 5.97 Å². The van der Waals surface area contributed by atoms with Gasteiger partial charge in [0.15, 0.2) is 5.65 Å². The standard InChI is InChI=1S/C17H17N5O2/c1-2-3-9-21(11-15(23)24)16-14-10-20-22(17(14)19-12-18-16)13-7-5-4-6-8-13/h2,4-8,10,12H,1,3,9,11H2,(H,23,24). The van der Waals surface area contributed by atoms with Gasteiger partial charge in [-0.1, -0.05) is 24.3 Å². The molecular formula is C17H17N5O2. The Labute approximate surface area is 138 Å². The smallest absolute Gasteiger partial charge is 0.323 e. The van der Waals surface area contributed by atoms with Crippen molar-refractivity contribution in [2.24, 2.45) is 0 Å². The van der Waals surface area contributed by atoms with Crippen molar-refractivity contribution in [1.82, 2.24) is 19.7 Å². The van der Waals surface area contributed by atoms with Gasteiger partial charge in [0.25, 0.3) is 0 Å². The molecule has 1 N–H and O–H groups in total. The number of benzene rings is 1. The summed E-state index contributed by atoms with van der Waals surface area (Å²) in [5.41, 5.74) is 1.52. The molecule has 0 aliphatic heterocycles. The molecule has 7 heteroatoms. The molecule has 2 heterocycles. The molecule has 0 amide bonds. The van der Waals surface area contributed by atoms with Crippen LogP contribution in [0.25, 0.3) is 16.7 Å². The molecule has 122 valence electrons. The van der Waals surface area contributed by atoms with Crippen molar-refractivity contribution in [3.63, 3.8) is 0 Å². The highest BCUT2D eigenvalue weighted by Crippen LogP contribution is 2.24. The van der Waals surface area contributed by atoms with Gasteiger partial charge in [0.2, 0.25) is 0 Å². The lowest BCUT2D eigenvalue weighted by Gasteiger charge is -2.21. The molecule has 0 spiro atoms. The van der Waals surface area contributed by atoms with Gasteiger partial charge in [-0.15, -0.1) is 6.58 Å². The van der Waals surface area contributed by atoms with Crippen molar-refractivity contribution in [1.29, 1.82) is 0 Å². The summed E-state index contributed by atoms with van der Waals surface area (Å²) in [6.07, 6.45) is 5.51. The van der Waals surface area contributed by atoms with Crippen LogP contribution in [-0.2, 0) is 4.79 Å². The highest BCUT2D eigenvalue weighted by Gasteiger charge is 2.17. The van der Waals surface area contributed by atoms with Crippen LogP contribution >= 0.6 is 0 Å². The van der Waals surface area contributed by atoms with E-state index in [0.29, 0.717) is 29.8 Å². The highest BCUT2D eigenvalue weighted by atomic mass is 16.4. The number of hydrogen-bond donors (Lipinski definition) is 1. The van der Waals surface area contributed by atoms with Gasteiger partial charge in [-0.05, 0) is 18.6 Å². The molecule has 0 saturated carbocycles. The van der Waals surface area contributed by atoms with E-state index in [2.05, 4.69) is 21.6 Å². The molecule has 3 rings (SSSR count). The fourth-order valence-corrected chi connectivity index (χ4v) is 2.51. The van der Waals surface area contributed by atoms with E-state index >= 15 is 0 Å². The number of rotatable bonds is 7. The minimum Gasteiger partial charge on any atom is -0.480 e. The van der Waals surface area contributed by atoms with Crippen LogP contribution in [0.1, 0.15) is 6.42 Å². The number of para-hydroxylation sites is 1. The molecule has 0 radical (unpaired) electrons. The molecule has 2 aromatic heterocycles. The predicted octanol–water partition coefficient (Wildman–Crippen LogP) is 2.28. The van der Waals surface area contributed by atoms with Crippen molar-refractivity contribution in [3.05, 3.63) is 55.5 Å². The number of aliphatic carboxylic acids is 1. The number of carboxylic acids is 1. The number of fused-ring (bicyclic) bond motifs is 1. The van der Waals surface area contributed by atoms with E-state index in [-0.39, 0.29) is 6.54 Å². The number of anilines is 1. The maximum atomic E-state index is 11.2. The number of nitrogens with zero attached hydrogens (tertiary/aromatic N) is 5. The summed E-state index contributed by atoms with van der Waals surface area (Å²) < 4.78 is 1.72. The van der Waals surface area contributed by atoms with Crippen molar-refractivity contribution in [2.75, 3.05) is 18.0 Å². The first kappa shape index (κ1) is 15.7. The van der Waals surface area contributed by atoms with Gasteiger partial charge in [0.1, 0.15) is 18.7 Å². The Morgan fingerprint density at radius 3 is 2.79 bits per heavy atom. The second-order valence-corrected chi connectivity index (χ2v) is 5.22. The minimum atomic E-state index is -0.915. The zero-order valence-electron chi connectivity index (χ0n) is 13.0. The van der Waals surface area contributed by atoms with Gasteiger partial charge >= 0.3 is 5.97 Å². The van der Waals surface area contributed by atoms with E-state index in [1.807, 2.05) is 30.3 Å². The Hall–Kier alpha value is -3.22. The van der Waals surface area contributed by atoms with Gasteiger partial charge in [-0.3, -0.25) is 4.79 Å². The maximum Gasteiger partial charge on any atom is 0.323 e. The first-order chi connectivity index (χ1) is 11.7. The molecule has 3 aromatic rings. The molecule has 0 atom stereocenters. The Balaban J connectivity index is 2.07. The second kappa shape index (κ2) is 6.91. The van der Waals surface area contributed by atoms with Gasteiger partial charge in [0.05, 0.1) is 17.3 Å². The average molecular weight is 323 g/mol. The van der Waals surface area contributed by atoms with Crippen LogP contribution in [0, 0.1) is 0 Å². The van der Waals surface area contributed by atoms with Crippen LogP contribution < -0.4 is 4.90 Å². The van der Waals surface area contributed by atoms with Crippen LogP contribution in [0.15, 0.2) is 55.5 Å². The van der Waals surface area contributed by atoms with Crippen LogP contribution in [0.5, 0.6) is 0 Å². The third-order valence-electron chi connectivity index (χ3n) is 3.57. The van der Waals surface area contributed by atoms with Crippen molar-refractivity contribution >= 4 is 22.8 Å². The summed E-state index contributed by atoms with van der Waals surface area (Å²) in [4.78, 5) is 21.5. The molecule has 0 bridgehead atoms. The quantitative estimate of drug-likeness (QED) is 0.672. The zero-order valence-corrected chi connectivity index (χ0v) is 13.0. The number of carbonyl (C=O) groups is 1. The number of hydrogen-bond acceptors (Lipinski definition) is 5. The summed E-state index contributed by atoms with van der Waals surface area (Å²) in [6, 6.07) is 9.64. The molecule has 0 fully saturated rings.